The van der Waals surface area contributed by atoms with E-state index in [0.29, 0.717) is 11.4 Å². The third kappa shape index (κ3) is 3.66. The Hall–Kier alpha value is -2.80. The van der Waals surface area contributed by atoms with E-state index >= 15 is 0 Å². The summed E-state index contributed by atoms with van der Waals surface area (Å²) in [5.74, 6) is -0.756. The number of ether oxygens (including phenoxy) is 1. The summed E-state index contributed by atoms with van der Waals surface area (Å²) in [5, 5.41) is 2.70. The number of hydrogen-bond donors (Lipinski definition) is 1. The van der Waals surface area contributed by atoms with Crippen molar-refractivity contribution in [2.45, 2.75) is 19.1 Å². The topological polar surface area (TPSA) is 71.5 Å². The zero-order chi connectivity index (χ0) is 18.0. The Bertz CT molecular complexity index is 812. The summed E-state index contributed by atoms with van der Waals surface area (Å²) >= 11 is 0. The molecule has 1 aliphatic heterocycles. The number of hydrogen-bond acceptors (Lipinski definition) is 4. The largest absolute Gasteiger partial charge is 0.356 e. The summed E-state index contributed by atoms with van der Waals surface area (Å²) in [7, 11) is 1.58. The van der Waals surface area contributed by atoms with Gasteiger partial charge in [0.25, 0.3) is 5.91 Å². The summed E-state index contributed by atoms with van der Waals surface area (Å²) < 4.78 is 19.1. The van der Waals surface area contributed by atoms with E-state index in [4.69, 9.17) is 4.74 Å². The molecule has 1 aliphatic rings. The van der Waals surface area contributed by atoms with E-state index in [-0.39, 0.29) is 12.5 Å². The number of amides is 2. The van der Waals surface area contributed by atoms with Crippen LogP contribution in [0.15, 0.2) is 42.5 Å². The van der Waals surface area contributed by atoms with E-state index in [1.807, 2.05) is 13.0 Å². The molecule has 130 valence electrons. The molecule has 1 aromatic carbocycles. The number of morpholine rings is 1. The summed E-state index contributed by atoms with van der Waals surface area (Å²) in [5.41, 5.74) is 1.25. The molecule has 0 bridgehead atoms. The molecule has 0 radical (unpaired) electrons. The molecule has 1 N–H and O–H groups in total. The molecule has 2 amide bonds. The molecule has 25 heavy (non-hydrogen) atoms. The first kappa shape index (κ1) is 17.0. The van der Waals surface area contributed by atoms with Crippen molar-refractivity contribution in [3.8, 4) is 0 Å². The standard InChI is InChI=1S/C18H18FN3O3/c1-11-5-3-8-14(20-11)21-18(24)17-16(22(2)15(23)10-25-17)12-6-4-7-13(19)9-12/h3-9,16-17H,10H2,1-2H3,(H,20,21,24). The number of halogens is 1. The molecule has 2 aromatic rings. The van der Waals surface area contributed by atoms with Gasteiger partial charge < -0.3 is 15.0 Å². The fourth-order valence-electron chi connectivity index (χ4n) is 2.83. The Morgan fingerprint density at radius 2 is 2.08 bits per heavy atom. The monoisotopic (exact) mass is 343 g/mol. The fraction of sp³-hybridized carbons (Fsp3) is 0.278. The highest BCUT2D eigenvalue weighted by Gasteiger charge is 2.40. The van der Waals surface area contributed by atoms with Crippen molar-refractivity contribution < 1.29 is 18.7 Å². The molecule has 2 unspecified atom stereocenters. The van der Waals surface area contributed by atoms with Crippen molar-refractivity contribution in [2.24, 2.45) is 0 Å². The third-order valence-corrected chi connectivity index (χ3v) is 4.07. The highest BCUT2D eigenvalue weighted by molar-refractivity contribution is 5.95. The van der Waals surface area contributed by atoms with E-state index < -0.39 is 23.9 Å². The van der Waals surface area contributed by atoms with Gasteiger partial charge in [-0.25, -0.2) is 9.37 Å². The minimum Gasteiger partial charge on any atom is -0.356 e. The van der Waals surface area contributed by atoms with Crippen LogP contribution in [0.25, 0.3) is 0 Å². The van der Waals surface area contributed by atoms with E-state index in [1.54, 1.807) is 25.2 Å². The van der Waals surface area contributed by atoms with Crippen LogP contribution in [0, 0.1) is 12.7 Å². The first-order valence-electron chi connectivity index (χ1n) is 7.83. The van der Waals surface area contributed by atoms with Crippen LogP contribution in [0.2, 0.25) is 0 Å². The highest BCUT2D eigenvalue weighted by Crippen LogP contribution is 2.30. The van der Waals surface area contributed by atoms with Crippen molar-refractivity contribution in [1.29, 1.82) is 0 Å². The zero-order valence-electron chi connectivity index (χ0n) is 13.9. The van der Waals surface area contributed by atoms with Crippen LogP contribution >= 0.6 is 0 Å². The van der Waals surface area contributed by atoms with Gasteiger partial charge in [-0.3, -0.25) is 9.59 Å². The number of rotatable bonds is 3. The molecular formula is C18H18FN3O3. The van der Waals surface area contributed by atoms with Crippen LogP contribution in [-0.4, -0.2) is 41.5 Å². The van der Waals surface area contributed by atoms with E-state index in [9.17, 15) is 14.0 Å². The van der Waals surface area contributed by atoms with Crippen molar-refractivity contribution in [2.75, 3.05) is 19.0 Å². The zero-order valence-corrected chi connectivity index (χ0v) is 13.9. The second-order valence-electron chi connectivity index (χ2n) is 5.89. The summed E-state index contributed by atoms with van der Waals surface area (Å²) in [4.78, 5) is 30.3. The lowest BCUT2D eigenvalue weighted by Gasteiger charge is -2.38. The van der Waals surface area contributed by atoms with Gasteiger partial charge in [-0.1, -0.05) is 18.2 Å². The number of pyridine rings is 1. The van der Waals surface area contributed by atoms with E-state index in [1.165, 1.54) is 23.1 Å². The molecule has 1 saturated heterocycles. The molecule has 1 fully saturated rings. The lowest BCUT2D eigenvalue weighted by atomic mass is 9.97. The number of aromatic nitrogens is 1. The number of carbonyl (C=O) groups is 2. The molecule has 0 spiro atoms. The second-order valence-corrected chi connectivity index (χ2v) is 5.89. The van der Waals surface area contributed by atoms with Gasteiger partial charge in [0.2, 0.25) is 5.91 Å². The first-order valence-corrected chi connectivity index (χ1v) is 7.83. The summed E-state index contributed by atoms with van der Waals surface area (Å²) in [6, 6.07) is 10.3. The quantitative estimate of drug-likeness (QED) is 0.926. The van der Waals surface area contributed by atoms with Crippen molar-refractivity contribution in [3.63, 3.8) is 0 Å². The van der Waals surface area contributed by atoms with Crippen LogP contribution in [0.5, 0.6) is 0 Å². The summed E-state index contributed by atoms with van der Waals surface area (Å²) in [6.45, 7) is 1.61. The van der Waals surface area contributed by atoms with Gasteiger partial charge in [0.05, 0.1) is 6.04 Å². The lowest BCUT2D eigenvalue weighted by molar-refractivity contribution is -0.160. The molecule has 0 saturated carbocycles. The van der Waals surface area contributed by atoms with E-state index in [0.717, 1.165) is 5.69 Å². The Morgan fingerprint density at radius 3 is 2.80 bits per heavy atom. The maximum atomic E-state index is 13.6. The number of likely N-dealkylation sites (N-methyl/N-ethyl adjacent to an activating group) is 1. The van der Waals surface area contributed by atoms with Crippen molar-refractivity contribution >= 4 is 17.6 Å². The average molecular weight is 343 g/mol. The Kier molecular flexibility index (Phi) is 4.76. The average Bonchev–Trinajstić information content (AvgIpc) is 2.57. The number of nitrogens with one attached hydrogen (secondary N) is 1. The molecule has 0 aliphatic carbocycles. The van der Waals surface area contributed by atoms with Crippen molar-refractivity contribution in [1.82, 2.24) is 9.88 Å². The fourth-order valence-corrected chi connectivity index (χ4v) is 2.83. The Balaban J connectivity index is 1.89. The molecule has 3 rings (SSSR count). The minimum atomic E-state index is -0.966. The predicted molar refractivity (Wildman–Crippen MR) is 89.3 cm³/mol. The Labute approximate surface area is 144 Å². The number of nitrogens with zero attached hydrogens (tertiary/aromatic N) is 2. The van der Waals surface area contributed by atoms with Crippen molar-refractivity contribution in [3.05, 3.63) is 59.5 Å². The Morgan fingerprint density at radius 1 is 1.32 bits per heavy atom. The van der Waals surface area contributed by atoms with E-state index in [2.05, 4.69) is 10.3 Å². The summed E-state index contributed by atoms with van der Waals surface area (Å²) in [6.07, 6.45) is -0.966. The number of carbonyl (C=O) groups excluding carboxylic acids is 2. The number of anilines is 1. The maximum Gasteiger partial charge on any atom is 0.257 e. The smallest absolute Gasteiger partial charge is 0.257 e. The molecule has 6 nitrogen and oxygen atoms in total. The SMILES string of the molecule is Cc1cccc(NC(=O)C2OCC(=O)N(C)C2c2cccc(F)c2)n1. The molecule has 7 heteroatoms. The van der Waals surface area contributed by atoms with Gasteiger partial charge in [-0.05, 0) is 36.8 Å². The first-order chi connectivity index (χ1) is 12.0. The van der Waals surface area contributed by atoms with Gasteiger partial charge in [0.15, 0.2) is 6.10 Å². The van der Waals surface area contributed by atoms with Gasteiger partial charge in [-0.2, -0.15) is 0 Å². The number of benzene rings is 1. The van der Waals surface area contributed by atoms with Gasteiger partial charge in [0.1, 0.15) is 18.2 Å². The number of aryl methyl sites for hydroxylation is 1. The molecule has 2 heterocycles. The van der Waals surface area contributed by atoms with Gasteiger partial charge in [-0.15, -0.1) is 0 Å². The molecule has 2 atom stereocenters. The normalized spacial score (nSPS) is 20.4. The second kappa shape index (κ2) is 6.98. The third-order valence-electron chi connectivity index (χ3n) is 4.07. The molecular weight excluding hydrogens is 325 g/mol. The lowest BCUT2D eigenvalue weighted by Crippen LogP contribution is -2.51. The molecule has 1 aromatic heterocycles. The predicted octanol–water partition coefficient (Wildman–Crippen LogP) is 2.07. The van der Waals surface area contributed by atoms with Gasteiger partial charge >= 0.3 is 0 Å². The van der Waals surface area contributed by atoms with Gasteiger partial charge in [0, 0.05) is 12.7 Å². The van der Waals surface area contributed by atoms with Crippen LogP contribution in [0.4, 0.5) is 10.2 Å². The van der Waals surface area contributed by atoms with Crippen LogP contribution < -0.4 is 5.32 Å². The minimum absolute atomic E-state index is 0.207. The van der Waals surface area contributed by atoms with Crippen LogP contribution in [-0.2, 0) is 14.3 Å². The van der Waals surface area contributed by atoms with Crippen LogP contribution in [0.1, 0.15) is 17.3 Å². The van der Waals surface area contributed by atoms with Crippen LogP contribution in [0.3, 0.4) is 0 Å². The highest BCUT2D eigenvalue weighted by atomic mass is 19.1. The maximum absolute atomic E-state index is 13.6.